The molecule has 4 N–H and O–H groups in total. The largest absolute Gasteiger partial charge is 0.416 e. The monoisotopic (exact) mass is 383 g/mol. The minimum absolute atomic E-state index is 0.0881. The Kier molecular flexibility index (Phi) is 6.51. The maximum Gasteiger partial charge on any atom is 0.416 e. The summed E-state index contributed by atoms with van der Waals surface area (Å²) in [6.07, 6.45) is -4.42. The quantitative estimate of drug-likeness (QED) is 0.641. The van der Waals surface area contributed by atoms with E-state index >= 15 is 0 Å². The molecule has 0 fully saturated rings. The van der Waals surface area contributed by atoms with Crippen molar-refractivity contribution in [3.63, 3.8) is 0 Å². The lowest BCUT2D eigenvalue weighted by molar-refractivity contribution is -0.137. The Balaban J connectivity index is 1.92. The van der Waals surface area contributed by atoms with Crippen LogP contribution in [0.1, 0.15) is 5.56 Å². The molecule has 0 heterocycles. The first kappa shape index (κ1) is 19.6. The number of hydrogen-bond donors (Lipinski definition) is 3. The molecule has 2 amide bonds. The molecule has 138 valence electrons. The summed E-state index contributed by atoms with van der Waals surface area (Å²) >= 11 is 1.24. The van der Waals surface area contributed by atoms with Crippen LogP contribution >= 0.6 is 11.8 Å². The summed E-state index contributed by atoms with van der Waals surface area (Å²) in [5, 5.41) is 5.44. The van der Waals surface area contributed by atoms with Crippen LogP contribution in [-0.4, -0.2) is 24.1 Å². The van der Waals surface area contributed by atoms with E-state index in [9.17, 15) is 22.8 Å². The number of halogens is 3. The third-order valence-electron chi connectivity index (χ3n) is 3.19. The van der Waals surface area contributed by atoms with E-state index in [1.807, 2.05) is 0 Å². The van der Waals surface area contributed by atoms with Crippen molar-refractivity contribution >= 4 is 35.0 Å². The van der Waals surface area contributed by atoms with Crippen molar-refractivity contribution in [3.8, 4) is 0 Å². The average molecular weight is 383 g/mol. The van der Waals surface area contributed by atoms with Gasteiger partial charge in [0, 0.05) is 16.3 Å². The lowest BCUT2D eigenvalue weighted by Crippen LogP contribution is -2.22. The molecular formula is C17H16F3N3O2S. The number of rotatable bonds is 7. The summed E-state index contributed by atoms with van der Waals surface area (Å²) < 4.78 is 37.5. The fourth-order valence-electron chi connectivity index (χ4n) is 2.01. The Hall–Kier alpha value is -2.68. The average Bonchev–Trinajstić information content (AvgIpc) is 2.58. The first-order chi connectivity index (χ1) is 12.3. The molecule has 0 bridgehead atoms. The Morgan fingerprint density at radius 3 is 2.31 bits per heavy atom. The zero-order valence-corrected chi connectivity index (χ0v) is 14.3. The van der Waals surface area contributed by atoms with Gasteiger partial charge in [0.05, 0.1) is 17.9 Å². The molecule has 2 rings (SSSR count). The molecule has 2 aromatic carbocycles. The van der Waals surface area contributed by atoms with Crippen molar-refractivity contribution < 1.29 is 22.8 Å². The summed E-state index contributed by atoms with van der Waals surface area (Å²) in [7, 11) is 0. The van der Waals surface area contributed by atoms with Gasteiger partial charge < -0.3 is 16.4 Å². The van der Waals surface area contributed by atoms with Gasteiger partial charge in [-0.3, -0.25) is 9.59 Å². The standard InChI is InChI=1S/C17H16F3N3O2S/c18-17(19,20)11-5-7-12(8-6-11)23-16(25)9-22-13-3-1-2-4-14(13)26-10-15(21)24/h1-8,22H,9-10H2,(H2,21,24)(H,23,25). The Morgan fingerprint density at radius 1 is 1.04 bits per heavy atom. The molecule has 9 heteroatoms. The van der Waals surface area contributed by atoms with Crippen LogP contribution in [0.3, 0.4) is 0 Å². The molecule has 2 aromatic rings. The first-order valence-corrected chi connectivity index (χ1v) is 8.45. The molecule has 5 nitrogen and oxygen atoms in total. The van der Waals surface area contributed by atoms with E-state index in [4.69, 9.17) is 5.73 Å². The minimum Gasteiger partial charge on any atom is -0.375 e. The molecule has 0 saturated carbocycles. The zero-order valence-electron chi connectivity index (χ0n) is 13.5. The van der Waals surface area contributed by atoms with Gasteiger partial charge in [0.1, 0.15) is 0 Å². The van der Waals surface area contributed by atoms with Gasteiger partial charge in [-0.15, -0.1) is 11.8 Å². The smallest absolute Gasteiger partial charge is 0.375 e. The van der Waals surface area contributed by atoms with E-state index in [0.717, 1.165) is 17.0 Å². The van der Waals surface area contributed by atoms with E-state index in [1.165, 1.54) is 23.9 Å². The zero-order chi connectivity index (χ0) is 19.2. The Bertz CT molecular complexity index is 780. The Labute approximate surface area is 152 Å². The summed E-state index contributed by atoms with van der Waals surface area (Å²) in [6.45, 7) is -0.0881. The number of hydrogen-bond acceptors (Lipinski definition) is 4. The van der Waals surface area contributed by atoms with Gasteiger partial charge in [-0.2, -0.15) is 13.2 Å². The van der Waals surface area contributed by atoms with Crippen molar-refractivity contribution in [2.75, 3.05) is 22.9 Å². The van der Waals surface area contributed by atoms with Crippen LogP contribution < -0.4 is 16.4 Å². The highest BCUT2D eigenvalue weighted by Gasteiger charge is 2.29. The van der Waals surface area contributed by atoms with Crippen molar-refractivity contribution in [2.24, 2.45) is 5.73 Å². The van der Waals surface area contributed by atoms with Crippen LogP contribution in [0.5, 0.6) is 0 Å². The maximum absolute atomic E-state index is 12.5. The second kappa shape index (κ2) is 8.61. The number of carbonyl (C=O) groups excluding carboxylic acids is 2. The fourth-order valence-corrected chi connectivity index (χ4v) is 2.78. The molecule has 0 unspecified atom stereocenters. The third-order valence-corrected chi connectivity index (χ3v) is 4.29. The second-order valence-electron chi connectivity index (χ2n) is 5.23. The van der Waals surface area contributed by atoms with Gasteiger partial charge in [-0.25, -0.2) is 0 Å². The molecule has 0 aromatic heterocycles. The van der Waals surface area contributed by atoms with E-state index < -0.39 is 23.6 Å². The molecule has 0 radical (unpaired) electrons. The van der Waals surface area contributed by atoms with Crippen molar-refractivity contribution in [1.82, 2.24) is 0 Å². The number of thioether (sulfide) groups is 1. The maximum atomic E-state index is 12.5. The van der Waals surface area contributed by atoms with E-state index in [2.05, 4.69) is 10.6 Å². The van der Waals surface area contributed by atoms with Crippen LogP contribution in [0.25, 0.3) is 0 Å². The normalized spacial score (nSPS) is 11.0. The van der Waals surface area contributed by atoms with E-state index in [-0.39, 0.29) is 18.0 Å². The van der Waals surface area contributed by atoms with Gasteiger partial charge in [0.25, 0.3) is 0 Å². The number of nitrogens with one attached hydrogen (secondary N) is 2. The lowest BCUT2D eigenvalue weighted by atomic mass is 10.2. The van der Waals surface area contributed by atoms with E-state index in [0.29, 0.717) is 5.69 Å². The van der Waals surface area contributed by atoms with Crippen LogP contribution in [0.15, 0.2) is 53.4 Å². The van der Waals surface area contributed by atoms with Crippen LogP contribution in [0.4, 0.5) is 24.5 Å². The van der Waals surface area contributed by atoms with Gasteiger partial charge >= 0.3 is 6.18 Å². The number of alkyl halides is 3. The minimum atomic E-state index is -4.42. The molecule has 0 aliphatic carbocycles. The van der Waals surface area contributed by atoms with Gasteiger partial charge in [-0.1, -0.05) is 12.1 Å². The van der Waals surface area contributed by atoms with Gasteiger partial charge in [0.2, 0.25) is 11.8 Å². The van der Waals surface area contributed by atoms with Crippen LogP contribution in [-0.2, 0) is 15.8 Å². The fraction of sp³-hybridized carbons (Fsp3) is 0.176. The second-order valence-corrected chi connectivity index (χ2v) is 6.25. The predicted molar refractivity (Wildman–Crippen MR) is 94.9 cm³/mol. The van der Waals surface area contributed by atoms with Crippen molar-refractivity contribution in [3.05, 3.63) is 54.1 Å². The highest BCUT2D eigenvalue weighted by Crippen LogP contribution is 2.30. The summed E-state index contributed by atoms with van der Waals surface area (Å²) in [5.41, 5.74) is 5.26. The molecule has 0 spiro atoms. The Morgan fingerprint density at radius 2 is 1.69 bits per heavy atom. The van der Waals surface area contributed by atoms with Crippen molar-refractivity contribution in [1.29, 1.82) is 0 Å². The lowest BCUT2D eigenvalue weighted by Gasteiger charge is -2.12. The number of nitrogens with two attached hydrogens (primary N) is 1. The number of primary amides is 1. The summed E-state index contributed by atoms with van der Waals surface area (Å²) in [6, 6.07) is 11.3. The van der Waals surface area contributed by atoms with E-state index in [1.54, 1.807) is 24.3 Å². The van der Waals surface area contributed by atoms with Crippen molar-refractivity contribution in [2.45, 2.75) is 11.1 Å². The van der Waals surface area contributed by atoms with Gasteiger partial charge in [0.15, 0.2) is 0 Å². The molecule has 0 saturated heterocycles. The predicted octanol–water partition coefficient (Wildman–Crippen LogP) is 3.33. The molecule has 0 aliphatic rings. The number of amides is 2. The number of anilines is 2. The van der Waals surface area contributed by atoms with Crippen LogP contribution in [0, 0.1) is 0 Å². The highest BCUT2D eigenvalue weighted by molar-refractivity contribution is 8.00. The SMILES string of the molecule is NC(=O)CSc1ccccc1NCC(=O)Nc1ccc(C(F)(F)F)cc1. The number of para-hydroxylation sites is 1. The molecule has 0 aliphatic heterocycles. The number of benzene rings is 2. The first-order valence-electron chi connectivity index (χ1n) is 7.47. The molecule has 26 heavy (non-hydrogen) atoms. The number of carbonyl (C=O) groups is 2. The molecule has 0 atom stereocenters. The topological polar surface area (TPSA) is 84.2 Å². The van der Waals surface area contributed by atoms with Crippen LogP contribution in [0.2, 0.25) is 0 Å². The summed E-state index contributed by atoms with van der Waals surface area (Å²) in [4.78, 5) is 23.6. The summed E-state index contributed by atoms with van der Waals surface area (Å²) in [5.74, 6) is -0.763. The third kappa shape index (κ3) is 5.99. The highest BCUT2D eigenvalue weighted by atomic mass is 32.2. The van der Waals surface area contributed by atoms with Gasteiger partial charge in [-0.05, 0) is 36.4 Å². The molecular weight excluding hydrogens is 367 g/mol.